The molecule has 1 fully saturated rings. The van der Waals surface area contributed by atoms with Crippen LogP contribution in [0.1, 0.15) is 13.8 Å². The Morgan fingerprint density at radius 3 is 2.69 bits per heavy atom. The monoisotopic (exact) mass is 185 g/mol. The van der Waals surface area contributed by atoms with Crippen molar-refractivity contribution in [3.63, 3.8) is 0 Å². The molecule has 0 saturated carbocycles. The molecule has 0 aliphatic carbocycles. The first-order chi connectivity index (χ1) is 6.15. The normalized spacial score (nSPS) is 24.8. The first-order valence-electron chi connectivity index (χ1n) is 4.84. The number of rotatable bonds is 2. The minimum Gasteiger partial charge on any atom is -0.338 e. The molecular weight excluding hydrogens is 166 g/mol. The van der Waals surface area contributed by atoms with Crippen molar-refractivity contribution >= 4 is 5.91 Å². The van der Waals surface area contributed by atoms with Crippen molar-refractivity contribution in [1.29, 1.82) is 0 Å². The molecule has 1 amide bonds. The first-order valence-corrected chi connectivity index (χ1v) is 4.84. The Morgan fingerprint density at radius 2 is 2.23 bits per heavy atom. The lowest BCUT2D eigenvalue weighted by atomic mass is 10.2. The van der Waals surface area contributed by atoms with Crippen LogP contribution in [0.2, 0.25) is 0 Å². The summed E-state index contributed by atoms with van der Waals surface area (Å²) in [6.07, 6.45) is 0. The van der Waals surface area contributed by atoms with E-state index < -0.39 is 0 Å². The number of piperazine rings is 1. The zero-order chi connectivity index (χ0) is 9.84. The van der Waals surface area contributed by atoms with Gasteiger partial charge in [0, 0.05) is 45.7 Å². The Hall–Kier alpha value is -0.610. The van der Waals surface area contributed by atoms with Crippen LogP contribution in [0.4, 0.5) is 0 Å². The van der Waals surface area contributed by atoms with E-state index in [-0.39, 0.29) is 5.91 Å². The van der Waals surface area contributed by atoms with Crippen molar-refractivity contribution in [2.24, 2.45) is 5.73 Å². The third-order valence-electron chi connectivity index (χ3n) is 2.56. The van der Waals surface area contributed by atoms with Crippen molar-refractivity contribution in [3.05, 3.63) is 0 Å². The summed E-state index contributed by atoms with van der Waals surface area (Å²) < 4.78 is 0. The van der Waals surface area contributed by atoms with Gasteiger partial charge in [0.2, 0.25) is 5.91 Å². The number of nitrogens with two attached hydrogens (primary N) is 1. The van der Waals surface area contributed by atoms with Crippen molar-refractivity contribution in [2.45, 2.75) is 19.9 Å². The standard InChI is InChI=1S/C9H19N3O/c1-8-7-11(4-3-10)5-6-12(8)9(2)13/h8H,3-7,10H2,1-2H3/t8-/m1/s1. The quantitative estimate of drug-likeness (QED) is 0.631. The molecule has 4 nitrogen and oxygen atoms in total. The molecule has 76 valence electrons. The van der Waals surface area contributed by atoms with E-state index in [9.17, 15) is 4.79 Å². The fraction of sp³-hybridized carbons (Fsp3) is 0.889. The lowest BCUT2D eigenvalue weighted by Crippen LogP contribution is -2.54. The molecule has 0 radical (unpaired) electrons. The number of hydrogen-bond donors (Lipinski definition) is 1. The zero-order valence-electron chi connectivity index (χ0n) is 8.49. The fourth-order valence-corrected chi connectivity index (χ4v) is 1.89. The van der Waals surface area contributed by atoms with Crippen LogP contribution >= 0.6 is 0 Å². The molecule has 1 aliphatic heterocycles. The molecule has 0 aromatic carbocycles. The van der Waals surface area contributed by atoms with E-state index in [0.29, 0.717) is 12.6 Å². The van der Waals surface area contributed by atoms with Crippen LogP contribution in [-0.4, -0.2) is 54.5 Å². The highest BCUT2D eigenvalue weighted by Crippen LogP contribution is 2.08. The van der Waals surface area contributed by atoms with Crippen molar-refractivity contribution in [3.8, 4) is 0 Å². The number of nitrogens with zero attached hydrogens (tertiary/aromatic N) is 2. The highest BCUT2D eigenvalue weighted by molar-refractivity contribution is 5.73. The van der Waals surface area contributed by atoms with Crippen molar-refractivity contribution in [1.82, 2.24) is 9.80 Å². The average Bonchev–Trinajstić information content (AvgIpc) is 2.04. The smallest absolute Gasteiger partial charge is 0.219 e. The Balaban J connectivity index is 2.42. The van der Waals surface area contributed by atoms with Gasteiger partial charge in [-0.15, -0.1) is 0 Å². The van der Waals surface area contributed by atoms with E-state index in [1.165, 1.54) is 0 Å². The van der Waals surface area contributed by atoms with Crippen LogP contribution in [0, 0.1) is 0 Å². The maximum absolute atomic E-state index is 11.2. The Morgan fingerprint density at radius 1 is 1.54 bits per heavy atom. The molecule has 0 aromatic rings. The highest BCUT2D eigenvalue weighted by Gasteiger charge is 2.24. The zero-order valence-corrected chi connectivity index (χ0v) is 8.49. The van der Waals surface area contributed by atoms with Crippen molar-refractivity contribution in [2.75, 3.05) is 32.7 Å². The van der Waals surface area contributed by atoms with Gasteiger partial charge in [-0.3, -0.25) is 9.69 Å². The molecule has 1 rings (SSSR count). The van der Waals surface area contributed by atoms with Gasteiger partial charge >= 0.3 is 0 Å². The summed E-state index contributed by atoms with van der Waals surface area (Å²) in [5, 5.41) is 0. The summed E-state index contributed by atoms with van der Waals surface area (Å²) in [7, 11) is 0. The van der Waals surface area contributed by atoms with Crippen LogP contribution in [0.3, 0.4) is 0 Å². The molecule has 0 spiro atoms. The summed E-state index contributed by atoms with van der Waals surface area (Å²) in [6.45, 7) is 8.12. The highest BCUT2D eigenvalue weighted by atomic mass is 16.2. The van der Waals surface area contributed by atoms with E-state index in [1.54, 1.807) is 6.92 Å². The molecule has 0 bridgehead atoms. The number of hydrogen-bond acceptors (Lipinski definition) is 3. The third-order valence-corrected chi connectivity index (χ3v) is 2.56. The molecule has 13 heavy (non-hydrogen) atoms. The van der Waals surface area contributed by atoms with Gasteiger partial charge in [-0.25, -0.2) is 0 Å². The van der Waals surface area contributed by atoms with Gasteiger partial charge in [0.1, 0.15) is 0 Å². The molecule has 2 N–H and O–H groups in total. The predicted octanol–water partition coefficient (Wildman–Crippen LogP) is -0.502. The fourth-order valence-electron chi connectivity index (χ4n) is 1.89. The average molecular weight is 185 g/mol. The third kappa shape index (κ3) is 2.67. The molecule has 0 unspecified atom stereocenters. The molecule has 1 aliphatic rings. The maximum Gasteiger partial charge on any atom is 0.219 e. The largest absolute Gasteiger partial charge is 0.338 e. The van der Waals surface area contributed by atoms with Gasteiger partial charge in [-0.1, -0.05) is 0 Å². The second-order valence-electron chi connectivity index (χ2n) is 3.65. The van der Waals surface area contributed by atoms with E-state index in [0.717, 1.165) is 26.2 Å². The molecule has 0 aromatic heterocycles. The minimum absolute atomic E-state index is 0.180. The topological polar surface area (TPSA) is 49.6 Å². The van der Waals surface area contributed by atoms with E-state index in [4.69, 9.17) is 5.73 Å². The van der Waals surface area contributed by atoms with E-state index in [1.807, 2.05) is 4.90 Å². The first kappa shape index (κ1) is 10.5. The molecule has 1 atom stereocenters. The Labute approximate surface area is 79.7 Å². The predicted molar refractivity (Wildman–Crippen MR) is 52.3 cm³/mol. The lowest BCUT2D eigenvalue weighted by molar-refractivity contribution is -0.133. The number of carbonyl (C=O) groups excluding carboxylic acids is 1. The van der Waals surface area contributed by atoms with Gasteiger partial charge in [-0.05, 0) is 6.92 Å². The second-order valence-corrected chi connectivity index (χ2v) is 3.65. The van der Waals surface area contributed by atoms with Gasteiger partial charge in [0.15, 0.2) is 0 Å². The molecule has 1 heterocycles. The molecule has 1 saturated heterocycles. The maximum atomic E-state index is 11.2. The summed E-state index contributed by atoms with van der Waals surface area (Å²) in [4.78, 5) is 15.4. The lowest BCUT2D eigenvalue weighted by Gasteiger charge is -2.39. The Kier molecular flexibility index (Phi) is 3.69. The van der Waals surface area contributed by atoms with Crippen LogP contribution < -0.4 is 5.73 Å². The summed E-state index contributed by atoms with van der Waals surface area (Å²) in [6, 6.07) is 0.331. The summed E-state index contributed by atoms with van der Waals surface area (Å²) >= 11 is 0. The minimum atomic E-state index is 0.180. The second kappa shape index (κ2) is 4.58. The number of carbonyl (C=O) groups is 1. The van der Waals surface area contributed by atoms with E-state index >= 15 is 0 Å². The van der Waals surface area contributed by atoms with Crippen LogP contribution in [0.15, 0.2) is 0 Å². The van der Waals surface area contributed by atoms with Gasteiger partial charge < -0.3 is 10.6 Å². The Bertz CT molecular complexity index is 184. The summed E-state index contributed by atoms with van der Waals surface area (Å²) in [5.41, 5.74) is 5.48. The molecule has 4 heteroatoms. The summed E-state index contributed by atoms with van der Waals surface area (Å²) in [5.74, 6) is 0.180. The van der Waals surface area contributed by atoms with Crippen LogP contribution in [-0.2, 0) is 4.79 Å². The molecular formula is C9H19N3O. The van der Waals surface area contributed by atoms with Gasteiger partial charge in [0.05, 0.1) is 0 Å². The number of amides is 1. The van der Waals surface area contributed by atoms with Crippen LogP contribution in [0.5, 0.6) is 0 Å². The van der Waals surface area contributed by atoms with Gasteiger partial charge in [-0.2, -0.15) is 0 Å². The van der Waals surface area contributed by atoms with E-state index in [2.05, 4.69) is 11.8 Å². The SMILES string of the molecule is CC(=O)N1CCN(CCN)C[C@H]1C. The van der Waals surface area contributed by atoms with Crippen LogP contribution in [0.25, 0.3) is 0 Å². The van der Waals surface area contributed by atoms with Crippen molar-refractivity contribution < 1.29 is 4.79 Å². The van der Waals surface area contributed by atoms with Gasteiger partial charge in [0.25, 0.3) is 0 Å².